The van der Waals surface area contributed by atoms with Crippen LogP contribution in [0.15, 0.2) is 62.8 Å². The molecule has 34 heavy (non-hydrogen) atoms. The number of carbonyl (C=O) groups is 2. The highest BCUT2D eigenvalue weighted by atomic mass is 79.9. The molecule has 7 atom stereocenters. The van der Waals surface area contributed by atoms with Crippen molar-refractivity contribution in [2.45, 2.75) is 22.6 Å². The smallest absolute Gasteiger partial charge is 0.305 e. The quantitative estimate of drug-likeness (QED) is 0.450. The van der Waals surface area contributed by atoms with E-state index in [4.69, 9.17) is 0 Å². The molecular weight excluding hydrogens is 539 g/mol. The van der Waals surface area contributed by atoms with Gasteiger partial charge < -0.3 is 4.98 Å². The van der Waals surface area contributed by atoms with Crippen molar-refractivity contribution in [1.29, 1.82) is 0 Å². The van der Waals surface area contributed by atoms with Crippen LogP contribution in [0.25, 0.3) is 0 Å². The van der Waals surface area contributed by atoms with Gasteiger partial charge in [-0.3, -0.25) is 19.3 Å². The Kier molecular flexibility index (Phi) is 4.58. The Balaban J connectivity index is 1.33. The first-order valence-electron chi connectivity index (χ1n) is 11.2. The van der Waals surface area contributed by atoms with Crippen LogP contribution in [0.1, 0.15) is 22.8 Å². The number of imide groups is 1. The van der Waals surface area contributed by atoms with E-state index in [2.05, 4.69) is 33.0 Å². The number of amides is 2. The fourth-order valence-corrected chi connectivity index (χ4v) is 10.2. The molecule has 2 bridgehead atoms. The lowest BCUT2D eigenvalue weighted by molar-refractivity contribution is -0.123. The number of thiazole rings is 1. The maximum Gasteiger partial charge on any atom is 0.305 e. The molecule has 9 heteroatoms. The molecule has 3 fully saturated rings. The van der Waals surface area contributed by atoms with Crippen LogP contribution in [0.3, 0.4) is 0 Å². The summed E-state index contributed by atoms with van der Waals surface area (Å²) >= 11 is 6.52. The van der Waals surface area contributed by atoms with Gasteiger partial charge in [-0.1, -0.05) is 39.4 Å². The number of anilines is 1. The average Bonchev–Trinajstić information content (AvgIpc) is 3.53. The Hall–Kier alpha value is -2.23. The summed E-state index contributed by atoms with van der Waals surface area (Å²) in [4.78, 5) is 44.8. The molecule has 2 aromatic carbocycles. The van der Waals surface area contributed by atoms with Crippen LogP contribution in [0.4, 0.5) is 10.1 Å². The number of fused-ring (bicyclic) bond motifs is 9. The fraction of sp³-hybridized carbons (Fsp3) is 0.320. The Morgan fingerprint density at radius 2 is 1.74 bits per heavy atom. The minimum Gasteiger partial charge on any atom is -0.307 e. The molecule has 0 radical (unpaired) electrons. The van der Waals surface area contributed by atoms with Crippen molar-refractivity contribution in [2.75, 3.05) is 4.90 Å². The summed E-state index contributed by atoms with van der Waals surface area (Å²) in [6.45, 7) is 0. The molecule has 1 aromatic heterocycles. The predicted octanol–water partition coefficient (Wildman–Crippen LogP) is 5.02. The first-order chi connectivity index (χ1) is 16.4. The van der Waals surface area contributed by atoms with Gasteiger partial charge in [0, 0.05) is 20.5 Å². The van der Waals surface area contributed by atoms with Crippen molar-refractivity contribution < 1.29 is 14.0 Å². The van der Waals surface area contributed by atoms with Crippen LogP contribution in [0.2, 0.25) is 0 Å². The van der Waals surface area contributed by atoms with Gasteiger partial charge in [0.1, 0.15) is 5.82 Å². The van der Waals surface area contributed by atoms with Crippen LogP contribution < -0.4 is 9.77 Å². The van der Waals surface area contributed by atoms with Crippen molar-refractivity contribution >= 4 is 56.5 Å². The maximum atomic E-state index is 13.6. The zero-order valence-corrected chi connectivity index (χ0v) is 20.8. The largest absolute Gasteiger partial charge is 0.307 e. The SMILES string of the molecule is O=C1C2C3CC(C2C(=O)N1c1ccc(F)cc1)C1C(c2cccc(Br)c2)c2sc(=O)[nH]c2SC31. The molecule has 2 aliphatic carbocycles. The lowest BCUT2D eigenvalue weighted by Gasteiger charge is -2.43. The number of aromatic amines is 1. The van der Waals surface area contributed by atoms with E-state index in [1.54, 1.807) is 11.8 Å². The van der Waals surface area contributed by atoms with Gasteiger partial charge in [-0.25, -0.2) is 4.39 Å². The molecule has 0 spiro atoms. The number of nitrogens with one attached hydrogen (secondary N) is 1. The molecule has 2 saturated carbocycles. The highest BCUT2D eigenvalue weighted by Crippen LogP contribution is 2.68. The molecule has 2 amide bonds. The van der Waals surface area contributed by atoms with Crippen molar-refractivity contribution in [1.82, 2.24) is 4.98 Å². The second-order valence-corrected chi connectivity index (χ2v) is 12.6. The maximum absolute atomic E-state index is 13.6. The van der Waals surface area contributed by atoms with Gasteiger partial charge in [0.15, 0.2) is 0 Å². The lowest BCUT2D eigenvalue weighted by atomic mass is 9.68. The molecule has 1 saturated heterocycles. The van der Waals surface area contributed by atoms with E-state index in [1.165, 1.54) is 40.5 Å². The number of H-pyrrole nitrogens is 1. The molecule has 4 aliphatic rings. The number of aromatic nitrogens is 1. The standard InChI is InChI=1S/C25H18BrFN2O3S2/c26-11-3-1-2-10(8-11)16-17-14-9-15(20(17)33-22-21(16)34-25(32)28-22)19-18(14)23(30)29(24(19)31)13-6-4-12(27)5-7-13/h1-8,14-20H,9H2,(H,28,32). The summed E-state index contributed by atoms with van der Waals surface area (Å²) in [7, 11) is 0. The third-order valence-electron chi connectivity index (χ3n) is 8.02. The number of benzene rings is 2. The zero-order chi connectivity index (χ0) is 23.3. The highest BCUT2D eigenvalue weighted by Gasteiger charge is 2.69. The number of hydrogen-bond donors (Lipinski definition) is 1. The minimum absolute atomic E-state index is 0.00132. The van der Waals surface area contributed by atoms with Gasteiger partial charge in [0.25, 0.3) is 0 Å². The van der Waals surface area contributed by atoms with E-state index < -0.39 is 5.82 Å². The first-order valence-corrected chi connectivity index (χ1v) is 13.7. The number of thioether (sulfide) groups is 1. The monoisotopic (exact) mass is 556 g/mol. The van der Waals surface area contributed by atoms with Crippen molar-refractivity contribution in [3.8, 4) is 0 Å². The molecule has 7 unspecified atom stereocenters. The molecule has 5 nitrogen and oxygen atoms in total. The second-order valence-electron chi connectivity index (χ2n) is 9.50. The van der Waals surface area contributed by atoms with E-state index in [1.807, 2.05) is 12.1 Å². The summed E-state index contributed by atoms with van der Waals surface area (Å²) in [6.07, 6.45) is 0.843. The molecule has 3 aromatic rings. The fourth-order valence-electron chi connectivity index (χ4n) is 6.93. The average molecular weight is 557 g/mol. The minimum atomic E-state index is -0.400. The number of halogens is 2. The lowest BCUT2D eigenvalue weighted by Crippen LogP contribution is -2.42. The summed E-state index contributed by atoms with van der Waals surface area (Å²) < 4.78 is 14.4. The van der Waals surface area contributed by atoms with Gasteiger partial charge >= 0.3 is 4.87 Å². The Morgan fingerprint density at radius 3 is 2.47 bits per heavy atom. The van der Waals surface area contributed by atoms with Crippen LogP contribution in [-0.4, -0.2) is 22.0 Å². The molecule has 172 valence electrons. The highest BCUT2D eigenvalue weighted by molar-refractivity contribution is 9.10. The topological polar surface area (TPSA) is 70.2 Å². The van der Waals surface area contributed by atoms with E-state index in [-0.39, 0.29) is 57.4 Å². The molecule has 1 N–H and O–H groups in total. The van der Waals surface area contributed by atoms with Crippen LogP contribution in [0, 0.1) is 35.4 Å². The van der Waals surface area contributed by atoms with Gasteiger partial charge in [0.05, 0.1) is 22.5 Å². The molecule has 2 aliphatic heterocycles. The Morgan fingerprint density at radius 1 is 1.00 bits per heavy atom. The van der Waals surface area contributed by atoms with E-state index in [0.29, 0.717) is 5.69 Å². The summed E-state index contributed by atoms with van der Waals surface area (Å²) in [5, 5.41) is 1.05. The molecular formula is C25H18BrFN2O3S2. The summed E-state index contributed by atoms with van der Waals surface area (Å²) in [6, 6.07) is 13.7. The van der Waals surface area contributed by atoms with Gasteiger partial charge in [0.2, 0.25) is 11.8 Å². The van der Waals surface area contributed by atoms with Gasteiger partial charge in [-0.15, -0.1) is 11.8 Å². The van der Waals surface area contributed by atoms with Crippen LogP contribution in [0.5, 0.6) is 0 Å². The third-order valence-corrected chi connectivity index (χ3v) is 11.1. The number of hydrogen-bond acceptors (Lipinski definition) is 5. The van der Waals surface area contributed by atoms with Crippen molar-refractivity contribution in [2.24, 2.45) is 29.6 Å². The predicted molar refractivity (Wildman–Crippen MR) is 132 cm³/mol. The van der Waals surface area contributed by atoms with E-state index in [9.17, 15) is 18.8 Å². The van der Waals surface area contributed by atoms with Gasteiger partial charge in [-0.2, -0.15) is 0 Å². The molecule has 7 rings (SSSR count). The van der Waals surface area contributed by atoms with Crippen molar-refractivity contribution in [3.63, 3.8) is 0 Å². The summed E-state index contributed by atoms with van der Waals surface area (Å²) in [5.74, 6) is -1.17. The second kappa shape index (κ2) is 7.38. The number of nitrogens with zero attached hydrogens (tertiary/aromatic N) is 1. The van der Waals surface area contributed by atoms with Crippen molar-refractivity contribution in [3.05, 3.63) is 78.9 Å². The summed E-state index contributed by atoms with van der Waals surface area (Å²) in [5.41, 5.74) is 1.56. The number of carbonyl (C=O) groups excluding carboxylic acids is 2. The van der Waals surface area contributed by atoms with E-state index in [0.717, 1.165) is 26.4 Å². The molecule has 3 heterocycles. The first kappa shape index (κ1) is 21.1. The zero-order valence-electron chi connectivity index (χ0n) is 17.6. The normalized spacial score (nSPS) is 33.2. The Labute approximate surface area is 210 Å². The van der Waals surface area contributed by atoms with Crippen LogP contribution >= 0.6 is 39.0 Å². The Bertz CT molecular complexity index is 1420. The number of rotatable bonds is 2. The third kappa shape index (κ3) is 2.80. The van der Waals surface area contributed by atoms with E-state index >= 15 is 0 Å². The van der Waals surface area contributed by atoms with Gasteiger partial charge in [-0.05, 0) is 66.1 Å². The van der Waals surface area contributed by atoms with Crippen LogP contribution in [-0.2, 0) is 9.59 Å².